The normalized spacial score (nSPS) is 20.8. The summed E-state index contributed by atoms with van der Waals surface area (Å²) in [6.45, 7) is 2.84. The number of halogens is 6. The molecule has 0 fully saturated rings. The molecule has 0 saturated heterocycles. The van der Waals surface area contributed by atoms with E-state index in [2.05, 4.69) is 0 Å². The third-order valence-electron chi connectivity index (χ3n) is 4.50. The van der Waals surface area contributed by atoms with Crippen molar-refractivity contribution >= 4 is 11.1 Å². The molecule has 6 heteroatoms. The summed E-state index contributed by atoms with van der Waals surface area (Å²) in [5.41, 5.74) is -2.79. The summed E-state index contributed by atoms with van der Waals surface area (Å²) in [4.78, 5) is 0. The molecule has 0 aromatic heterocycles. The van der Waals surface area contributed by atoms with Crippen LogP contribution in [0.3, 0.4) is 0 Å². The van der Waals surface area contributed by atoms with E-state index in [4.69, 9.17) is 0 Å². The average Bonchev–Trinajstić information content (AvgIpc) is 2.63. The molecule has 1 aliphatic carbocycles. The van der Waals surface area contributed by atoms with E-state index in [0.717, 1.165) is 12.1 Å². The van der Waals surface area contributed by atoms with Gasteiger partial charge in [0.1, 0.15) is 0 Å². The van der Waals surface area contributed by atoms with Gasteiger partial charge in [-0.1, -0.05) is 48.5 Å². The van der Waals surface area contributed by atoms with E-state index in [9.17, 15) is 26.3 Å². The molecule has 0 aliphatic heterocycles. The summed E-state index contributed by atoms with van der Waals surface area (Å²) in [5, 5.41) is 0. The Bertz CT molecular complexity index is 794. The molecule has 0 N–H and O–H groups in total. The average molecular weight is 356 g/mol. The van der Waals surface area contributed by atoms with Crippen molar-refractivity contribution in [2.45, 2.75) is 31.6 Å². The van der Waals surface area contributed by atoms with Gasteiger partial charge >= 0.3 is 17.8 Å². The van der Waals surface area contributed by atoms with E-state index in [1.165, 1.54) is 50.2 Å². The van der Waals surface area contributed by atoms with E-state index >= 15 is 0 Å². The van der Waals surface area contributed by atoms with Gasteiger partial charge in [0.2, 0.25) is 0 Å². The number of benzene rings is 2. The molecule has 0 heterocycles. The number of hydrogen-bond donors (Lipinski definition) is 0. The molecule has 0 radical (unpaired) electrons. The molecular weight excluding hydrogens is 342 g/mol. The molecule has 0 nitrogen and oxygen atoms in total. The molecule has 1 aliphatic rings. The molecule has 3 rings (SSSR count). The first-order chi connectivity index (χ1) is 11.5. The lowest BCUT2D eigenvalue weighted by molar-refractivity contribution is -0.254. The molecule has 0 atom stereocenters. The van der Waals surface area contributed by atoms with Crippen molar-refractivity contribution in [3.8, 4) is 0 Å². The fraction of sp³-hybridized carbons (Fsp3) is 0.263. The second kappa shape index (κ2) is 5.38. The number of aryl methyl sites for hydroxylation is 2. The Morgan fingerprint density at radius 3 is 1.20 bits per heavy atom. The van der Waals surface area contributed by atoms with Crippen molar-refractivity contribution in [3.63, 3.8) is 0 Å². The first-order valence-corrected chi connectivity index (χ1v) is 7.54. The van der Waals surface area contributed by atoms with Crippen LogP contribution in [0.1, 0.15) is 22.3 Å². The Balaban J connectivity index is 2.47. The van der Waals surface area contributed by atoms with Crippen molar-refractivity contribution in [2.24, 2.45) is 0 Å². The van der Waals surface area contributed by atoms with Crippen LogP contribution < -0.4 is 0 Å². The monoisotopic (exact) mass is 356 g/mol. The molecule has 25 heavy (non-hydrogen) atoms. The van der Waals surface area contributed by atoms with Crippen LogP contribution >= 0.6 is 0 Å². The van der Waals surface area contributed by atoms with E-state index in [0.29, 0.717) is 0 Å². The van der Waals surface area contributed by atoms with Gasteiger partial charge in [0.15, 0.2) is 0 Å². The van der Waals surface area contributed by atoms with Gasteiger partial charge in [-0.15, -0.1) is 0 Å². The van der Waals surface area contributed by atoms with Gasteiger partial charge in [0.25, 0.3) is 0 Å². The largest absolute Gasteiger partial charge is 0.380 e. The first kappa shape index (κ1) is 17.6. The zero-order valence-corrected chi connectivity index (χ0v) is 13.4. The summed E-state index contributed by atoms with van der Waals surface area (Å²) >= 11 is 0. The van der Waals surface area contributed by atoms with E-state index in [1.54, 1.807) is 0 Å². The first-order valence-electron chi connectivity index (χ1n) is 7.54. The maximum atomic E-state index is 14.5. The van der Waals surface area contributed by atoms with E-state index in [-0.39, 0.29) is 22.3 Å². The highest BCUT2D eigenvalue weighted by Gasteiger charge is 2.80. The van der Waals surface area contributed by atoms with Crippen molar-refractivity contribution in [2.75, 3.05) is 0 Å². The fourth-order valence-corrected chi connectivity index (χ4v) is 3.14. The highest BCUT2D eigenvalue weighted by atomic mass is 19.3. The van der Waals surface area contributed by atoms with Gasteiger partial charge in [0, 0.05) is 11.1 Å². The Kier molecular flexibility index (Phi) is 3.78. The molecule has 0 amide bonds. The summed E-state index contributed by atoms with van der Waals surface area (Å²) < 4.78 is 86.3. The second-order valence-electron chi connectivity index (χ2n) is 6.10. The number of alkyl halides is 6. The highest BCUT2D eigenvalue weighted by molar-refractivity contribution is 6.02. The van der Waals surface area contributed by atoms with E-state index in [1.807, 2.05) is 0 Å². The second-order valence-corrected chi connectivity index (χ2v) is 6.10. The smallest absolute Gasteiger partial charge is 0.194 e. The van der Waals surface area contributed by atoms with Crippen molar-refractivity contribution in [1.29, 1.82) is 0 Å². The molecule has 2 aromatic rings. The van der Waals surface area contributed by atoms with Crippen LogP contribution in [0, 0.1) is 13.8 Å². The van der Waals surface area contributed by atoms with Gasteiger partial charge in [-0.25, -0.2) is 0 Å². The summed E-state index contributed by atoms with van der Waals surface area (Å²) in [6.07, 6.45) is 0. The van der Waals surface area contributed by atoms with Gasteiger partial charge in [-0.05, 0) is 36.1 Å². The SMILES string of the molecule is Cc1ccccc1C1=C(c2ccccc2C)C(F)(F)C(F)(F)C1(F)F. The topological polar surface area (TPSA) is 0 Å². The third-order valence-corrected chi connectivity index (χ3v) is 4.50. The number of rotatable bonds is 2. The molecule has 2 aromatic carbocycles. The van der Waals surface area contributed by atoms with Crippen molar-refractivity contribution in [1.82, 2.24) is 0 Å². The van der Waals surface area contributed by atoms with Gasteiger partial charge in [-0.3, -0.25) is 0 Å². The Hall–Kier alpha value is -2.24. The zero-order valence-electron chi connectivity index (χ0n) is 13.4. The van der Waals surface area contributed by atoms with Crippen LogP contribution in [-0.4, -0.2) is 17.8 Å². The van der Waals surface area contributed by atoms with Crippen molar-refractivity contribution in [3.05, 3.63) is 70.8 Å². The summed E-state index contributed by atoms with van der Waals surface area (Å²) in [6, 6.07) is 10.9. The third kappa shape index (κ3) is 2.23. The number of hydrogen-bond acceptors (Lipinski definition) is 0. The quantitative estimate of drug-likeness (QED) is 0.568. The van der Waals surface area contributed by atoms with Crippen LogP contribution in [0.2, 0.25) is 0 Å². The minimum atomic E-state index is -5.52. The standard InChI is InChI=1S/C19H14F6/c1-11-7-3-5-9-13(11)15-16(14-10-6-4-8-12(14)2)18(22,23)19(24,25)17(15,20)21/h3-10H,1-2H3. The van der Waals surface area contributed by atoms with Crippen LogP contribution in [0.15, 0.2) is 48.5 Å². The predicted molar refractivity (Wildman–Crippen MR) is 84.0 cm³/mol. The molecule has 0 spiro atoms. The van der Waals surface area contributed by atoms with E-state index < -0.39 is 28.9 Å². The fourth-order valence-electron chi connectivity index (χ4n) is 3.14. The zero-order chi connectivity index (χ0) is 18.6. The maximum Gasteiger partial charge on any atom is 0.380 e. The highest BCUT2D eigenvalue weighted by Crippen LogP contribution is 2.65. The lowest BCUT2D eigenvalue weighted by Crippen LogP contribution is -2.49. The molecule has 0 unspecified atom stereocenters. The van der Waals surface area contributed by atoms with Crippen molar-refractivity contribution < 1.29 is 26.3 Å². The van der Waals surface area contributed by atoms with Gasteiger partial charge < -0.3 is 0 Å². The Labute approximate surface area is 140 Å². The summed E-state index contributed by atoms with van der Waals surface area (Å²) in [7, 11) is 0. The minimum Gasteiger partial charge on any atom is -0.194 e. The summed E-state index contributed by atoms with van der Waals surface area (Å²) in [5.74, 6) is -15.5. The van der Waals surface area contributed by atoms with Crippen LogP contribution in [0.4, 0.5) is 26.3 Å². The number of allylic oxidation sites excluding steroid dienone is 2. The predicted octanol–water partition coefficient (Wildman–Crippen LogP) is 6.13. The van der Waals surface area contributed by atoms with Crippen LogP contribution in [0.5, 0.6) is 0 Å². The molecule has 132 valence electrons. The van der Waals surface area contributed by atoms with Gasteiger partial charge in [0.05, 0.1) is 0 Å². The molecular formula is C19H14F6. The lowest BCUT2D eigenvalue weighted by Gasteiger charge is -2.26. The lowest BCUT2D eigenvalue weighted by atomic mass is 9.90. The Morgan fingerprint density at radius 2 is 0.880 bits per heavy atom. The Morgan fingerprint density at radius 1 is 0.560 bits per heavy atom. The minimum absolute atomic E-state index is 0.219. The molecule has 0 saturated carbocycles. The molecule has 0 bridgehead atoms. The van der Waals surface area contributed by atoms with Crippen LogP contribution in [-0.2, 0) is 0 Å². The maximum absolute atomic E-state index is 14.5. The van der Waals surface area contributed by atoms with Crippen LogP contribution in [0.25, 0.3) is 11.1 Å². The van der Waals surface area contributed by atoms with Gasteiger partial charge in [-0.2, -0.15) is 26.3 Å².